The van der Waals surface area contributed by atoms with E-state index in [0.717, 1.165) is 130 Å². The molecular weight excluding hydrogens is 1140 g/mol. The maximum Gasteiger partial charge on any atom is 0.0932 e. The van der Waals surface area contributed by atoms with E-state index >= 15 is 0 Å². The fourth-order valence-corrected chi connectivity index (χ4v) is 8.91. The molecule has 0 aliphatic carbocycles. The van der Waals surface area contributed by atoms with Crippen molar-refractivity contribution in [1.29, 1.82) is 0 Å². The van der Waals surface area contributed by atoms with Gasteiger partial charge in [-0.3, -0.25) is 9.80 Å². The van der Waals surface area contributed by atoms with Crippen LogP contribution in [0, 0.1) is 0 Å². The highest BCUT2D eigenvalue weighted by atomic mass is 16.5. The molecule has 93 heavy (non-hydrogen) atoms. The lowest BCUT2D eigenvalue weighted by molar-refractivity contribution is 0.0545. The lowest BCUT2D eigenvalue weighted by atomic mass is 10.1. The molecule has 0 heterocycles. The van der Waals surface area contributed by atoms with Gasteiger partial charge in [0.1, 0.15) is 0 Å². The van der Waals surface area contributed by atoms with Crippen LogP contribution in [0.5, 0.6) is 0 Å². The highest BCUT2D eigenvalue weighted by molar-refractivity contribution is 4.94. The largest absolute Gasteiger partial charge is 0.385 e. The van der Waals surface area contributed by atoms with Crippen molar-refractivity contribution < 1.29 is 28.4 Å². The van der Waals surface area contributed by atoms with Crippen molar-refractivity contribution in [3.05, 3.63) is 177 Å². The van der Waals surface area contributed by atoms with Gasteiger partial charge in [0.25, 0.3) is 0 Å². The van der Waals surface area contributed by atoms with Gasteiger partial charge in [-0.05, 0) is 103 Å². The van der Waals surface area contributed by atoms with Crippen molar-refractivity contribution in [1.82, 2.24) is 9.80 Å². The van der Waals surface area contributed by atoms with Gasteiger partial charge in [-0.1, -0.05) is 249 Å². The fraction of sp³-hybridized carbons (Fsp3) is 0.671. The first-order valence-electron chi connectivity index (χ1n) is 37.0. The molecule has 0 amide bonds. The van der Waals surface area contributed by atoms with E-state index in [2.05, 4.69) is 143 Å². The number of nitrogens with zero attached hydrogens (tertiary/aromatic N) is 2. The molecule has 0 saturated carbocycles. The first-order valence-corrected chi connectivity index (χ1v) is 37.0. The molecule has 0 fully saturated rings. The van der Waals surface area contributed by atoms with Crippen LogP contribution in [0.25, 0.3) is 0 Å². The van der Waals surface area contributed by atoms with Crippen molar-refractivity contribution in [3.8, 4) is 0 Å². The Morgan fingerprint density at radius 1 is 0.247 bits per heavy atom. The molecule has 0 aliphatic rings. The normalized spacial score (nSPS) is 10.3. The van der Waals surface area contributed by atoms with Crippen LogP contribution in [0.4, 0.5) is 0 Å². The predicted molar refractivity (Wildman–Crippen MR) is 423 cm³/mol. The van der Waals surface area contributed by atoms with Crippen LogP contribution in [0.3, 0.4) is 0 Å². The Labute approximate surface area is 582 Å². The van der Waals surface area contributed by atoms with Gasteiger partial charge in [0.05, 0.1) is 30.5 Å². The summed E-state index contributed by atoms with van der Waals surface area (Å²) in [6.07, 6.45) is 67.4. The Morgan fingerprint density at radius 2 is 0.473 bits per heavy atom. The van der Waals surface area contributed by atoms with Gasteiger partial charge in [-0.2, -0.15) is 0 Å². The van der Waals surface area contributed by atoms with Crippen molar-refractivity contribution in [3.63, 3.8) is 0 Å². The minimum absolute atomic E-state index is 0.0324. The third-order valence-electron chi connectivity index (χ3n) is 14.3. The zero-order chi connectivity index (χ0) is 71.0. The number of unbranched alkanes of at least 4 members (excludes halogenated alkanes) is 20. The van der Waals surface area contributed by atoms with E-state index in [4.69, 9.17) is 28.4 Å². The number of methoxy groups -OCH3 is 1. The zero-order valence-corrected chi connectivity index (χ0v) is 63.0. The smallest absolute Gasteiger partial charge is 0.0932 e. The minimum Gasteiger partial charge on any atom is -0.385 e. The standard InChI is InChI=1S/C16H30O.C15H28O.2C12H22O.C11H21NO.C11H21N.C8H14O/c1-4-7-8-9-10-11-12-15-17-16(13-5-2)14-6-3;1-4-7-8-9-10-11-14-16-15(12-5-2)13-6-3;1-4-7-8-9-10-11-13-12(5-2)6-3;1-4-7-8-11-13-12(9-5-2)10-6-3;1-4-8-12(9-5-2)10-6-7-11-13-3;1-4-7-8-11-12(9-5-2)10-6-3;1-4-7-9-8(5-2)6-3/h5-6,16H,2-4,7-15H2,1H3;5-6,15H,2-4,7-14H2,1H3;2*5-6,12H,2-4,7-11H2,1H3;4-5H,1-2,6-11H2,3H3;5-6H,2-4,7-11H2,1H3;5-6,8H,2-4,7H2,1H3. The third-order valence-corrected chi connectivity index (χ3v) is 14.3. The van der Waals surface area contributed by atoms with Crippen LogP contribution in [-0.4, -0.2) is 126 Å². The predicted octanol–water partition coefficient (Wildman–Crippen LogP) is 24.7. The maximum atomic E-state index is 5.81. The summed E-state index contributed by atoms with van der Waals surface area (Å²) in [6.45, 7) is 76.3. The summed E-state index contributed by atoms with van der Waals surface area (Å²) in [6, 6.07) is 0. The van der Waals surface area contributed by atoms with Crippen molar-refractivity contribution in [2.45, 2.75) is 284 Å². The monoisotopic (exact) mass is 1300 g/mol. The highest BCUT2D eigenvalue weighted by Gasteiger charge is 2.07. The van der Waals surface area contributed by atoms with Gasteiger partial charge < -0.3 is 28.4 Å². The fourth-order valence-electron chi connectivity index (χ4n) is 8.91. The van der Waals surface area contributed by atoms with Crippen LogP contribution in [0.2, 0.25) is 0 Å². The van der Waals surface area contributed by atoms with Gasteiger partial charge in [0.2, 0.25) is 0 Å². The van der Waals surface area contributed by atoms with Gasteiger partial charge >= 0.3 is 0 Å². The number of hydrogen-bond donors (Lipinski definition) is 0. The molecule has 0 N–H and O–H groups in total. The molecule has 0 saturated heterocycles. The summed E-state index contributed by atoms with van der Waals surface area (Å²) in [7, 11) is 1.74. The number of rotatable bonds is 65. The molecule has 544 valence electrons. The first-order chi connectivity index (χ1) is 45.4. The summed E-state index contributed by atoms with van der Waals surface area (Å²) in [5.41, 5.74) is 0. The Hall–Kier alpha value is -3.96. The number of hydrogen-bond acceptors (Lipinski definition) is 8. The molecule has 0 aliphatic heterocycles. The van der Waals surface area contributed by atoms with Gasteiger partial charge in [-0.15, -0.1) is 92.1 Å². The minimum atomic E-state index is 0.0324. The Morgan fingerprint density at radius 3 is 0.731 bits per heavy atom. The quantitative estimate of drug-likeness (QED) is 0.0441. The van der Waals surface area contributed by atoms with Gasteiger partial charge in [0.15, 0.2) is 0 Å². The molecule has 0 radical (unpaired) electrons. The second-order valence-electron chi connectivity index (χ2n) is 23.3. The lowest BCUT2D eigenvalue weighted by Crippen LogP contribution is -2.25. The molecule has 0 atom stereocenters. The Balaban J connectivity index is -0.000000187. The summed E-state index contributed by atoms with van der Waals surface area (Å²) in [5.74, 6) is 0. The molecule has 0 aromatic carbocycles. The molecule has 8 nitrogen and oxygen atoms in total. The molecule has 0 spiro atoms. The van der Waals surface area contributed by atoms with Crippen LogP contribution < -0.4 is 0 Å². The molecule has 0 rings (SSSR count). The zero-order valence-electron chi connectivity index (χ0n) is 63.0. The van der Waals surface area contributed by atoms with Crippen molar-refractivity contribution in [2.75, 3.05) is 86.0 Å². The lowest BCUT2D eigenvalue weighted by Gasteiger charge is -2.18. The molecule has 8 heteroatoms. The Bertz CT molecular complexity index is 1480. The summed E-state index contributed by atoms with van der Waals surface area (Å²) < 4.78 is 33.0. The molecule has 0 bridgehead atoms. The van der Waals surface area contributed by atoms with E-state index in [0.29, 0.717) is 18.3 Å². The molecular formula is C85H158N2O6. The van der Waals surface area contributed by atoms with Crippen LogP contribution >= 0.6 is 0 Å². The average molecular weight is 1300 g/mol. The van der Waals surface area contributed by atoms with E-state index in [1.165, 1.54) is 161 Å². The van der Waals surface area contributed by atoms with E-state index in [1.54, 1.807) is 31.4 Å². The first kappa shape index (κ1) is 103. The van der Waals surface area contributed by atoms with E-state index < -0.39 is 0 Å². The Kier molecular flexibility index (Phi) is 109. The SMILES string of the molecule is C=CC(C=C)OCCC.C=CC(C=C)OCCCCCCC.C=CCC(CC=C)OCCCCC.C=CCC(CC=C)OCCCCCCCC.C=CCC(CC=C)OCCCCCCCCC.C=CCN(CC=C)CCCCC.C=CCN(CC=C)CCCCOC. The van der Waals surface area contributed by atoms with Crippen LogP contribution in [-0.2, 0) is 28.4 Å². The van der Waals surface area contributed by atoms with E-state index in [-0.39, 0.29) is 12.2 Å². The summed E-state index contributed by atoms with van der Waals surface area (Å²) >= 11 is 0. The molecule has 0 unspecified atom stereocenters. The second kappa shape index (κ2) is 99.1. The third kappa shape index (κ3) is 96.8. The van der Waals surface area contributed by atoms with Crippen LogP contribution in [0.1, 0.15) is 253 Å². The average Bonchev–Trinajstić information content (AvgIpc) is 3.57. The highest BCUT2D eigenvalue weighted by Crippen LogP contribution is 2.13. The summed E-state index contributed by atoms with van der Waals surface area (Å²) in [4.78, 5) is 4.67. The van der Waals surface area contributed by atoms with Gasteiger partial charge in [0, 0.05) is 72.9 Å². The van der Waals surface area contributed by atoms with Gasteiger partial charge in [-0.25, -0.2) is 0 Å². The second-order valence-corrected chi connectivity index (χ2v) is 23.3. The maximum absolute atomic E-state index is 5.81. The van der Waals surface area contributed by atoms with Crippen molar-refractivity contribution >= 4 is 0 Å². The number of ether oxygens (including phenoxy) is 6. The van der Waals surface area contributed by atoms with E-state index in [9.17, 15) is 0 Å². The molecule has 0 aromatic rings. The summed E-state index contributed by atoms with van der Waals surface area (Å²) in [5, 5.41) is 0. The van der Waals surface area contributed by atoms with Crippen molar-refractivity contribution in [2.24, 2.45) is 0 Å². The topological polar surface area (TPSA) is 61.9 Å². The van der Waals surface area contributed by atoms with E-state index in [1.807, 2.05) is 60.8 Å². The molecule has 0 aromatic heterocycles. The van der Waals surface area contributed by atoms with Crippen LogP contribution in [0.15, 0.2) is 177 Å².